The summed E-state index contributed by atoms with van der Waals surface area (Å²) < 4.78 is 14.6. The second kappa shape index (κ2) is 6.11. The molecule has 1 aromatic rings. The third-order valence-corrected chi connectivity index (χ3v) is 5.41. The van der Waals surface area contributed by atoms with Crippen LogP contribution in [0.5, 0.6) is 0 Å². The molecule has 0 amide bonds. The van der Waals surface area contributed by atoms with Gasteiger partial charge in [0.05, 0.1) is 20.9 Å². The van der Waals surface area contributed by atoms with E-state index in [9.17, 15) is 14.8 Å². The minimum atomic E-state index is -2.18. The molecule has 1 unspecified atom stereocenters. The molecule has 0 bridgehead atoms. The van der Waals surface area contributed by atoms with Gasteiger partial charge in [-0.3, -0.25) is 0 Å². The number of fused-ring (bicyclic) bond motifs is 1. The molecule has 122 valence electrons. The zero-order valence-electron chi connectivity index (χ0n) is 11.8. The Morgan fingerprint density at radius 2 is 2.09 bits per heavy atom. The van der Waals surface area contributed by atoms with E-state index in [4.69, 9.17) is 23.2 Å². The van der Waals surface area contributed by atoms with Gasteiger partial charge in [-0.1, -0.05) is 23.2 Å². The molecule has 0 aromatic heterocycles. The Kier molecular flexibility index (Phi) is 4.47. The van der Waals surface area contributed by atoms with Crippen molar-refractivity contribution in [2.45, 2.75) is 5.18 Å². The average Bonchev–Trinajstić information content (AvgIpc) is 2.53. The summed E-state index contributed by atoms with van der Waals surface area (Å²) in [6, 6.07) is 3.49. The summed E-state index contributed by atoms with van der Waals surface area (Å²) in [5.41, 5.74) is 0.727. The van der Waals surface area contributed by atoms with E-state index in [0.717, 1.165) is 0 Å². The van der Waals surface area contributed by atoms with Gasteiger partial charge in [-0.05, 0) is 22.0 Å². The second-order valence-electron chi connectivity index (χ2n) is 5.23. The molecule has 0 radical (unpaired) electrons. The van der Waals surface area contributed by atoms with Gasteiger partial charge in [0, 0.05) is 31.7 Å². The molecule has 2 aliphatic heterocycles. The number of anilines is 1. The predicted molar refractivity (Wildman–Crippen MR) is 90.5 cm³/mol. The number of halogens is 4. The van der Waals surface area contributed by atoms with Gasteiger partial charge < -0.3 is 20.6 Å². The summed E-state index contributed by atoms with van der Waals surface area (Å²) in [6.07, 6.45) is 0. The van der Waals surface area contributed by atoms with Gasteiger partial charge in [0.1, 0.15) is 11.6 Å². The lowest BCUT2D eigenvalue weighted by molar-refractivity contribution is 0.196. The van der Waals surface area contributed by atoms with Crippen molar-refractivity contribution in [3.63, 3.8) is 0 Å². The number of nitrogens with one attached hydrogen (secondary N) is 2. The molecule has 0 aliphatic carbocycles. The Morgan fingerprint density at radius 1 is 1.43 bits per heavy atom. The van der Waals surface area contributed by atoms with Crippen LogP contribution in [0.4, 0.5) is 10.1 Å². The molecule has 5 nitrogen and oxygen atoms in total. The van der Waals surface area contributed by atoms with E-state index in [0.29, 0.717) is 37.4 Å². The van der Waals surface area contributed by atoms with Crippen LogP contribution in [0.3, 0.4) is 0 Å². The number of benzene rings is 1. The van der Waals surface area contributed by atoms with E-state index < -0.39 is 11.0 Å². The van der Waals surface area contributed by atoms with Gasteiger partial charge in [-0.2, -0.15) is 5.26 Å². The highest BCUT2D eigenvalue weighted by molar-refractivity contribution is 9.10. The summed E-state index contributed by atoms with van der Waals surface area (Å²) in [4.78, 5) is 1.89. The van der Waals surface area contributed by atoms with E-state index in [1.807, 2.05) is 11.0 Å². The molecule has 0 saturated carbocycles. The lowest BCUT2D eigenvalue weighted by Gasteiger charge is -2.39. The fourth-order valence-corrected chi connectivity index (χ4v) is 3.50. The highest BCUT2D eigenvalue weighted by Gasteiger charge is 2.41. The fourth-order valence-electron chi connectivity index (χ4n) is 2.77. The maximum atomic E-state index is 14.6. The topological polar surface area (TPSA) is 71.3 Å². The number of hydrogen-bond acceptors (Lipinski definition) is 5. The lowest BCUT2D eigenvalue weighted by atomic mass is 9.97. The standard InChI is InChI=1S/C14H12BrCl2FN4O/c15-10-9(16)5-7-12(11(10)18)21-14(17,23)8(6-19)13(7)22-3-1-20-2-4-22/h5,20-21,23H,1-4H2. The normalized spacial score (nSPS) is 24.1. The van der Waals surface area contributed by atoms with Gasteiger partial charge in [-0.15, -0.1) is 0 Å². The quantitative estimate of drug-likeness (QED) is 0.369. The third kappa shape index (κ3) is 2.79. The zero-order chi connectivity index (χ0) is 16.8. The van der Waals surface area contributed by atoms with Crippen molar-refractivity contribution < 1.29 is 9.50 Å². The summed E-state index contributed by atoms with van der Waals surface area (Å²) in [7, 11) is 0. The molecule has 3 rings (SSSR count). The van der Waals surface area contributed by atoms with Gasteiger partial charge in [0.15, 0.2) is 5.82 Å². The Morgan fingerprint density at radius 3 is 2.70 bits per heavy atom. The SMILES string of the molecule is N#CC1=C(N2CCNCC2)c2cc(Cl)c(Br)c(F)c2NC1(O)Cl. The van der Waals surface area contributed by atoms with Crippen molar-refractivity contribution in [2.75, 3.05) is 31.5 Å². The number of nitriles is 1. The van der Waals surface area contributed by atoms with E-state index in [2.05, 4.69) is 26.6 Å². The molecule has 0 spiro atoms. The first-order valence-corrected chi connectivity index (χ1v) is 8.39. The van der Waals surface area contributed by atoms with Crippen LogP contribution in [0.25, 0.3) is 5.70 Å². The molecule has 1 aromatic carbocycles. The van der Waals surface area contributed by atoms with Crippen LogP contribution in [0.2, 0.25) is 5.02 Å². The Hall–Kier alpha value is -1.04. The molecule has 1 saturated heterocycles. The first-order chi connectivity index (χ1) is 10.9. The second-order valence-corrected chi connectivity index (χ2v) is 6.98. The van der Waals surface area contributed by atoms with Crippen LogP contribution in [-0.4, -0.2) is 41.4 Å². The molecule has 9 heteroatoms. The molecule has 2 heterocycles. The fraction of sp³-hybridized carbons (Fsp3) is 0.357. The average molecular weight is 422 g/mol. The molecular weight excluding hydrogens is 410 g/mol. The molecule has 1 fully saturated rings. The van der Waals surface area contributed by atoms with E-state index >= 15 is 0 Å². The highest BCUT2D eigenvalue weighted by Crippen LogP contribution is 2.46. The van der Waals surface area contributed by atoms with Crippen molar-refractivity contribution in [1.29, 1.82) is 5.26 Å². The van der Waals surface area contributed by atoms with Crippen molar-refractivity contribution in [1.82, 2.24) is 10.2 Å². The number of rotatable bonds is 1. The van der Waals surface area contributed by atoms with Gasteiger partial charge in [0.25, 0.3) is 5.18 Å². The smallest absolute Gasteiger partial charge is 0.254 e. The Labute approximate surface area is 150 Å². The summed E-state index contributed by atoms with van der Waals surface area (Å²) in [5, 5.41) is 23.5. The van der Waals surface area contributed by atoms with Crippen molar-refractivity contribution in [3.8, 4) is 6.07 Å². The summed E-state index contributed by atoms with van der Waals surface area (Å²) >= 11 is 15.2. The van der Waals surface area contributed by atoms with E-state index in [1.165, 1.54) is 0 Å². The van der Waals surface area contributed by atoms with Crippen LogP contribution >= 0.6 is 39.1 Å². The first kappa shape index (κ1) is 16.8. The van der Waals surface area contributed by atoms with Gasteiger partial charge in [0.2, 0.25) is 0 Å². The number of piperazine rings is 1. The molecule has 1 atom stereocenters. The molecular formula is C14H12BrCl2FN4O. The molecule has 3 N–H and O–H groups in total. The summed E-state index contributed by atoms with van der Waals surface area (Å²) in [6.45, 7) is 2.61. The third-order valence-electron chi connectivity index (χ3n) is 3.82. The van der Waals surface area contributed by atoms with Crippen LogP contribution in [0.1, 0.15) is 5.56 Å². The number of alkyl halides is 1. The Balaban J connectivity index is 2.28. The van der Waals surface area contributed by atoms with E-state index in [1.54, 1.807) is 6.07 Å². The van der Waals surface area contributed by atoms with Crippen LogP contribution in [0, 0.1) is 17.1 Å². The number of hydrogen-bond donors (Lipinski definition) is 3. The zero-order valence-corrected chi connectivity index (χ0v) is 14.9. The summed E-state index contributed by atoms with van der Waals surface area (Å²) in [5.74, 6) is -0.670. The maximum Gasteiger partial charge on any atom is 0.254 e. The Bertz CT molecular complexity index is 741. The van der Waals surface area contributed by atoms with Crippen LogP contribution in [-0.2, 0) is 0 Å². The van der Waals surface area contributed by atoms with Crippen molar-refractivity contribution >= 4 is 50.5 Å². The predicted octanol–water partition coefficient (Wildman–Crippen LogP) is 2.69. The van der Waals surface area contributed by atoms with Crippen LogP contribution < -0.4 is 10.6 Å². The van der Waals surface area contributed by atoms with Crippen LogP contribution in [0.15, 0.2) is 16.1 Å². The largest absolute Gasteiger partial charge is 0.367 e. The van der Waals surface area contributed by atoms with Gasteiger partial charge in [-0.25, -0.2) is 4.39 Å². The maximum absolute atomic E-state index is 14.6. The highest BCUT2D eigenvalue weighted by atomic mass is 79.9. The molecule has 23 heavy (non-hydrogen) atoms. The minimum absolute atomic E-state index is 0.00584. The number of aliphatic hydroxyl groups is 1. The number of nitrogens with zero attached hydrogens (tertiary/aromatic N) is 2. The lowest BCUT2D eigenvalue weighted by Crippen LogP contribution is -2.46. The van der Waals surface area contributed by atoms with Crippen molar-refractivity contribution in [3.05, 3.63) is 32.5 Å². The first-order valence-electron chi connectivity index (χ1n) is 6.84. The van der Waals surface area contributed by atoms with Gasteiger partial charge >= 0.3 is 0 Å². The van der Waals surface area contributed by atoms with E-state index in [-0.39, 0.29) is 20.8 Å². The minimum Gasteiger partial charge on any atom is -0.367 e. The molecule has 2 aliphatic rings. The van der Waals surface area contributed by atoms with Crippen molar-refractivity contribution in [2.24, 2.45) is 0 Å². The monoisotopic (exact) mass is 420 g/mol.